The van der Waals surface area contributed by atoms with Gasteiger partial charge in [-0.05, 0) is 54.3 Å². The van der Waals surface area contributed by atoms with Crippen LogP contribution in [0.5, 0.6) is 17.2 Å². The number of halogens is 1. The Morgan fingerprint density at radius 3 is 2.52 bits per heavy atom. The monoisotopic (exact) mass is 456 g/mol. The van der Waals surface area contributed by atoms with E-state index in [1.807, 2.05) is 6.92 Å². The molecule has 0 saturated heterocycles. The standard InChI is InChI=1S/C23H17ClO6S/c1-12-9-17-14(11-15(12)24)20(25)22(30-23(26)19-5-4-8-31-19)21(29-17)13-6-7-16(27-2)18(10-13)28-3/h4-11H,1-3H3. The van der Waals surface area contributed by atoms with E-state index in [0.717, 1.165) is 5.56 Å². The third-order valence-corrected chi connectivity index (χ3v) is 5.95. The molecule has 0 bridgehead atoms. The summed E-state index contributed by atoms with van der Waals surface area (Å²) in [5.41, 5.74) is 1.06. The molecule has 0 aliphatic carbocycles. The predicted molar refractivity (Wildman–Crippen MR) is 120 cm³/mol. The highest BCUT2D eigenvalue weighted by atomic mass is 35.5. The molecule has 2 aromatic carbocycles. The first kappa shape index (κ1) is 21.0. The first-order chi connectivity index (χ1) is 14.9. The molecule has 8 heteroatoms. The van der Waals surface area contributed by atoms with Gasteiger partial charge in [0, 0.05) is 10.6 Å². The minimum Gasteiger partial charge on any atom is -0.493 e. The first-order valence-electron chi connectivity index (χ1n) is 9.18. The number of carbonyl (C=O) groups is 1. The van der Waals surface area contributed by atoms with Crippen LogP contribution in [0.15, 0.2) is 57.1 Å². The van der Waals surface area contributed by atoms with Gasteiger partial charge in [-0.25, -0.2) is 4.79 Å². The summed E-state index contributed by atoms with van der Waals surface area (Å²) in [5.74, 6) is 0.171. The van der Waals surface area contributed by atoms with Crippen LogP contribution >= 0.6 is 22.9 Å². The number of aryl methyl sites for hydroxylation is 1. The van der Waals surface area contributed by atoms with Crippen molar-refractivity contribution in [2.45, 2.75) is 6.92 Å². The number of rotatable bonds is 5. The normalized spacial score (nSPS) is 10.8. The van der Waals surface area contributed by atoms with Crippen molar-refractivity contribution in [1.82, 2.24) is 0 Å². The van der Waals surface area contributed by atoms with Crippen molar-refractivity contribution in [3.8, 4) is 28.6 Å². The lowest BCUT2D eigenvalue weighted by molar-refractivity contribution is 0.0736. The Labute approximate surface area is 186 Å². The molecule has 0 N–H and O–H groups in total. The van der Waals surface area contributed by atoms with Crippen LogP contribution in [0.25, 0.3) is 22.3 Å². The van der Waals surface area contributed by atoms with Gasteiger partial charge in [0.05, 0.1) is 19.6 Å². The Balaban J connectivity index is 1.97. The van der Waals surface area contributed by atoms with Crippen LogP contribution in [-0.4, -0.2) is 20.2 Å². The molecule has 158 valence electrons. The fourth-order valence-electron chi connectivity index (χ4n) is 3.10. The van der Waals surface area contributed by atoms with Crippen molar-refractivity contribution in [3.05, 3.63) is 73.5 Å². The summed E-state index contributed by atoms with van der Waals surface area (Å²) in [6.45, 7) is 1.81. The molecule has 0 amide bonds. The lowest BCUT2D eigenvalue weighted by Crippen LogP contribution is -2.15. The molecule has 31 heavy (non-hydrogen) atoms. The van der Waals surface area contributed by atoms with Gasteiger partial charge >= 0.3 is 5.97 Å². The van der Waals surface area contributed by atoms with Crippen LogP contribution in [0.4, 0.5) is 0 Å². The van der Waals surface area contributed by atoms with E-state index in [4.69, 9.17) is 30.2 Å². The second-order valence-electron chi connectivity index (χ2n) is 6.62. The van der Waals surface area contributed by atoms with Gasteiger partial charge in [0.15, 0.2) is 17.3 Å². The second kappa shape index (κ2) is 8.45. The number of methoxy groups -OCH3 is 2. The Bertz CT molecular complexity index is 1340. The van der Waals surface area contributed by atoms with Crippen LogP contribution in [0, 0.1) is 6.92 Å². The number of benzene rings is 2. The van der Waals surface area contributed by atoms with Gasteiger partial charge in [-0.15, -0.1) is 11.3 Å². The highest BCUT2D eigenvalue weighted by molar-refractivity contribution is 7.12. The molecule has 0 atom stereocenters. The van der Waals surface area contributed by atoms with Crippen LogP contribution in [0.1, 0.15) is 15.2 Å². The van der Waals surface area contributed by atoms with Gasteiger partial charge in [0.25, 0.3) is 0 Å². The summed E-state index contributed by atoms with van der Waals surface area (Å²) in [6.07, 6.45) is 0. The number of fused-ring (bicyclic) bond motifs is 1. The summed E-state index contributed by atoms with van der Waals surface area (Å²) in [4.78, 5) is 26.3. The molecule has 6 nitrogen and oxygen atoms in total. The van der Waals surface area contributed by atoms with Crippen LogP contribution < -0.4 is 19.6 Å². The van der Waals surface area contributed by atoms with E-state index >= 15 is 0 Å². The van der Waals surface area contributed by atoms with E-state index < -0.39 is 11.4 Å². The van der Waals surface area contributed by atoms with Gasteiger partial charge in [-0.3, -0.25) is 4.79 Å². The minimum absolute atomic E-state index is 0.102. The smallest absolute Gasteiger partial charge is 0.353 e. The molecule has 0 aliphatic heterocycles. The zero-order valence-electron chi connectivity index (χ0n) is 16.9. The quantitative estimate of drug-likeness (QED) is 0.357. The Morgan fingerprint density at radius 2 is 1.84 bits per heavy atom. The van der Waals surface area contributed by atoms with E-state index in [-0.39, 0.29) is 16.9 Å². The number of carbonyl (C=O) groups excluding carboxylic acids is 1. The van der Waals surface area contributed by atoms with Crippen LogP contribution in [0.3, 0.4) is 0 Å². The Morgan fingerprint density at radius 1 is 1.06 bits per heavy atom. The molecule has 4 rings (SSSR count). The van der Waals surface area contributed by atoms with E-state index in [1.54, 1.807) is 41.8 Å². The number of esters is 1. The third kappa shape index (κ3) is 3.89. The molecule has 0 radical (unpaired) electrons. The van der Waals surface area contributed by atoms with Gasteiger partial charge in [-0.2, -0.15) is 0 Å². The maximum absolute atomic E-state index is 13.3. The van der Waals surface area contributed by atoms with Crippen molar-refractivity contribution in [2.24, 2.45) is 0 Å². The first-order valence-corrected chi connectivity index (χ1v) is 10.4. The molecule has 0 saturated carbocycles. The SMILES string of the molecule is COc1ccc(-c2oc3cc(C)c(Cl)cc3c(=O)c2OC(=O)c2cccs2)cc1OC. The fourth-order valence-corrected chi connectivity index (χ4v) is 3.86. The number of hydrogen-bond acceptors (Lipinski definition) is 7. The van der Waals surface area contributed by atoms with Gasteiger partial charge in [0.2, 0.25) is 11.2 Å². The summed E-state index contributed by atoms with van der Waals surface area (Å²) in [5, 5.41) is 2.38. The Kier molecular flexibility index (Phi) is 5.71. The van der Waals surface area contributed by atoms with E-state index in [0.29, 0.717) is 32.5 Å². The predicted octanol–water partition coefficient (Wildman–Crippen LogP) is 5.72. The van der Waals surface area contributed by atoms with Crippen molar-refractivity contribution in [2.75, 3.05) is 14.2 Å². The van der Waals surface area contributed by atoms with Crippen molar-refractivity contribution >= 4 is 39.9 Å². The van der Waals surface area contributed by atoms with Gasteiger partial charge in [-0.1, -0.05) is 17.7 Å². The van der Waals surface area contributed by atoms with E-state index in [9.17, 15) is 9.59 Å². The van der Waals surface area contributed by atoms with Crippen LogP contribution in [0.2, 0.25) is 5.02 Å². The molecule has 0 spiro atoms. The fraction of sp³-hybridized carbons (Fsp3) is 0.130. The summed E-state index contributed by atoms with van der Waals surface area (Å²) in [7, 11) is 3.02. The summed E-state index contributed by atoms with van der Waals surface area (Å²) in [6, 6.07) is 11.5. The number of hydrogen-bond donors (Lipinski definition) is 0. The lowest BCUT2D eigenvalue weighted by Gasteiger charge is -2.13. The third-order valence-electron chi connectivity index (χ3n) is 4.69. The van der Waals surface area contributed by atoms with Gasteiger partial charge < -0.3 is 18.6 Å². The van der Waals surface area contributed by atoms with Crippen molar-refractivity contribution in [3.63, 3.8) is 0 Å². The topological polar surface area (TPSA) is 75.0 Å². The molecule has 0 unspecified atom stereocenters. The maximum atomic E-state index is 13.3. The molecular formula is C23H17ClO6S. The van der Waals surface area contributed by atoms with Crippen molar-refractivity contribution in [1.29, 1.82) is 0 Å². The Hall–Kier alpha value is -3.29. The molecule has 2 heterocycles. The lowest BCUT2D eigenvalue weighted by atomic mass is 10.1. The van der Waals surface area contributed by atoms with Crippen LogP contribution in [-0.2, 0) is 0 Å². The largest absolute Gasteiger partial charge is 0.493 e. The molecule has 4 aromatic rings. The number of thiophene rings is 1. The highest BCUT2D eigenvalue weighted by Crippen LogP contribution is 2.37. The second-order valence-corrected chi connectivity index (χ2v) is 7.98. The summed E-state index contributed by atoms with van der Waals surface area (Å²) >= 11 is 7.42. The summed E-state index contributed by atoms with van der Waals surface area (Å²) < 4.78 is 22.2. The highest BCUT2D eigenvalue weighted by Gasteiger charge is 2.23. The molecule has 0 aliphatic rings. The van der Waals surface area contributed by atoms with E-state index in [1.165, 1.54) is 31.6 Å². The zero-order chi connectivity index (χ0) is 22.1. The molecule has 0 fully saturated rings. The van der Waals surface area contributed by atoms with E-state index in [2.05, 4.69) is 0 Å². The molecular weight excluding hydrogens is 440 g/mol. The average Bonchev–Trinajstić information content (AvgIpc) is 3.31. The molecule has 2 aromatic heterocycles. The maximum Gasteiger partial charge on any atom is 0.353 e. The zero-order valence-corrected chi connectivity index (χ0v) is 18.4. The average molecular weight is 457 g/mol. The van der Waals surface area contributed by atoms with Crippen molar-refractivity contribution < 1.29 is 23.4 Å². The number of ether oxygens (including phenoxy) is 3. The van der Waals surface area contributed by atoms with Gasteiger partial charge in [0.1, 0.15) is 10.5 Å². The minimum atomic E-state index is -0.651.